The molecule has 0 aliphatic rings. The second-order valence-electron chi connectivity index (χ2n) is 2.83. The fourth-order valence-electron chi connectivity index (χ4n) is 1.05. The van der Waals surface area contributed by atoms with Gasteiger partial charge < -0.3 is 4.74 Å². The number of hydrogen-bond donors (Lipinski definition) is 0. The predicted octanol–water partition coefficient (Wildman–Crippen LogP) is 2.21. The maximum absolute atomic E-state index is 5.55. The summed E-state index contributed by atoms with van der Waals surface area (Å²) in [6.45, 7) is 0.493. The lowest BCUT2D eigenvalue weighted by Crippen LogP contribution is -1.97. The highest BCUT2D eigenvalue weighted by Crippen LogP contribution is 2.21. The van der Waals surface area contributed by atoms with Gasteiger partial charge in [0.15, 0.2) is 10.4 Å². The van der Waals surface area contributed by atoms with Gasteiger partial charge in [-0.05, 0) is 33.6 Å². The summed E-state index contributed by atoms with van der Waals surface area (Å²) in [5, 5.41) is 7.53. The van der Waals surface area contributed by atoms with Crippen molar-refractivity contribution < 1.29 is 4.74 Å². The Kier molecular flexibility index (Phi) is 3.24. The first-order valence-electron chi connectivity index (χ1n) is 4.35. The van der Waals surface area contributed by atoms with Crippen LogP contribution in [0.2, 0.25) is 0 Å². The Balaban J connectivity index is 2.03. The van der Waals surface area contributed by atoms with Crippen LogP contribution < -0.4 is 4.74 Å². The monoisotopic (exact) mass is 265 g/mol. The van der Waals surface area contributed by atoms with Crippen LogP contribution in [0.3, 0.4) is 0 Å². The number of halogens is 1. The summed E-state index contributed by atoms with van der Waals surface area (Å²) in [6.07, 6.45) is 5.06. The zero-order chi connectivity index (χ0) is 10.5. The quantitative estimate of drug-likeness (QED) is 0.854. The van der Waals surface area contributed by atoms with Crippen molar-refractivity contribution in [1.29, 1.82) is 0 Å². The van der Waals surface area contributed by atoms with E-state index < -0.39 is 0 Å². The third-order valence-corrected chi connectivity index (χ3v) is 2.33. The highest BCUT2D eigenvalue weighted by Gasteiger charge is 2.01. The van der Waals surface area contributed by atoms with E-state index >= 15 is 0 Å². The molecule has 0 spiro atoms. The van der Waals surface area contributed by atoms with Crippen molar-refractivity contribution in [3.8, 4) is 5.75 Å². The Hall–Kier alpha value is -1.49. The van der Waals surface area contributed by atoms with Gasteiger partial charge in [-0.1, -0.05) is 0 Å². The van der Waals surface area contributed by atoms with Gasteiger partial charge in [0, 0.05) is 18.5 Å². The van der Waals surface area contributed by atoms with Crippen LogP contribution >= 0.6 is 15.9 Å². The van der Waals surface area contributed by atoms with Gasteiger partial charge >= 0.3 is 0 Å². The molecule has 0 radical (unpaired) electrons. The Bertz CT molecular complexity index is 436. The Morgan fingerprint density at radius 3 is 2.67 bits per heavy atom. The molecule has 2 heterocycles. The third-order valence-electron chi connectivity index (χ3n) is 1.79. The second kappa shape index (κ2) is 4.84. The van der Waals surface area contributed by atoms with Crippen molar-refractivity contribution in [2.45, 2.75) is 6.61 Å². The van der Waals surface area contributed by atoms with E-state index in [1.807, 2.05) is 12.1 Å². The van der Waals surface area contributed by atoms with Crippen LogP contribution in [0, 0.1) is 0 Å². The SMILES string of the molecule is Brc1nnccc1OCc1ccncc1. The molecule has 0 aliphatic heterocycles. The zero-order valence-corrected chi connectivity index (χ0v) is 9.39. The van der Waals surface area contributed by atoms with Gasteiger partial charge in [0.25, 0.3) is 0 Å². The van der Waals surface area contributed by atoms with Gasteiger partial charge in [-0.15, -0.1) is 5.10 Å². The van der Waals surface area contributed by atoms with Crippen LogP contribution in [0.25, 0.3) is 0 Å². The first-order chi connectivity index (χ1) is 7.36. The average molecular weight is 266 g/mol. The summed E-state index contributed by atoms with van der Waals surface area (Å²) in [6, 6.07) is 5.57. The molecule has 0 N–H and O–H groups in total. The minimum absolute atomic E-state index is 0.493. The molecule has 0 aliphatic carbocycles. The van der Waals surface area contributed by atoms with Crippen LogP contribution in [0.1, 0.15) is 5.56 Å². The molecule has 15 heavy (non-hydrogen) atoms. The Morgan fingerprint density at radius 2 is 1.93 bits per heavy atom. The van der Waals surface area contributed by atoms with E-state index in [-0.39, 0.29) is 0 Å². The number of aromatic nitrogens is 3. The number of nitrogens with zero attached hydrogens (tertiary/aromatic N) is 3. The van der Waals surface area contributed by atoms with Crippen molar-refractivity contribution in [3.63, 3.8) is 0 Å². The normalized spacial score (nSPS) is 9.93. The van der Waals surface area contributed by atoms with E-state index in [1.165, 1.54) is 0 Å². The summed E-state index contributed by atoms with van der Waals surface area (Å²) in [4.78, 5) is 3.93. The van der Waals surface area contributed by atoms with Crippen molar-refractivity contribution in [3.05, 3.63) is 47.0 Å². The van der Waals surface area contributed by atoms with Crippen molar-refractivity contribution >= 4 is 15.9 Å². The molecule has 5 heteroatoms. The van der Waals surface area contributed by atoms with Gasteiger partial charge in [-0.25, -0.2) is 0 Å². The zero-order valence-electron chi connectivity index (χ0n) is 7.80. The summed E-state index contributed by atoms with van der Waals surface area (Å²) in [7, 11) is 0. The Morgan fingerprint density at radius 1 is 1.13 bits per heavy atom. The molecule has 76 valence electrons. The lowest BCUT2D eigenvalue weighted by molar-refractivity contribution is 0.301. The lowest BCUT2D eigenvalue weighted by atomic mass is 10.3. The number of ether oxygens (including phenoxy) is 1. The summed E-state index contributed by atoms with van der Waals surface area (Å²) < 4.78 is 6.16. The molecule has 2 aromatic heterocycles. The number of rotatable bonds is 3. The lowest BCUT2D eigenvalue weighted by Gasteiger charge is -2.05. The fraction of sp³-hybridized carbons (Fsp3) is 0.100. The molecule has 2 rings (SSSR count). The van der Waals surface area contributed by atoms with Crippen LogP contribution in [-0.4, -0.2) is 15.2 Å². The minimum Gasteiger partial charge on any atom is -0.486 e. The first kappa shape index (κ1) is 10.0. The van der Waals surface area contributed by atoms with Crippen molar-refractivity contribution in [2.24, 2.45) is 0 Å². The van der Waals surface area contributed by atoms with E-state index in [9.17, 15) is 0 Å². The van der Waals surface area contributed by atoms with Crippen LogP contribution in [0.5, 0.6) is 5.75 Å². The molecule has 2 aromatic rings. The topological polar surface area (TPSA) is 47.9 Å². The number of hydrogen-bond acceptors (Lipinski definition) is 4. The summed E-state index contributed by atoms with van der Waals surface area (Å²) in [5.74, 6) is 0.682. The molecule has 0 bridgehead atoms. The van der Waals surface area contributed by atoms with E-state index in [0.717, 1.165) is 5.56 Å². The molecule has 0 atom stereocenters. The standard InChI is InChI=1S/C10H8BrN3O/c11-10-9(3-6-13-14-10)15-7-8-1-4-12-5-2-8/h1-6H,7H2. The highest BCUT2D eigenvalue weighted by atomic mass is 79.9. The largest absolute Gasteiger partial charge is 0.486 e. The van der Waals surface area contributed by atoms with E-state index in [4.69, 9.17) is 4.74 Å². The molecular weight excluding hydrogens is 258 g/mol. The van der Waals surface area contributed by atoms with E-state index in [1.54, 1.807) is 24.7 Å². The minimum atomic E-state index is 0.493. The maximum Gasteiger partial charge on any atom is 0.170 e. The molecule has 0 fully saturated rings. The summed E-state index contributed by atoms with van der Waals surface area (Å²) in [5.41, 5.74) is 1.06. The molecular formula is C10H8BrN3O. The van der Waals surface area contributed by atoms with Crippen molar-refractivity contribution in [1.82, 2.24) is 15.2 Å². The number of pyridine rings is 1. The van der Waals surface area contributed by atoms with Gasteiger partial charge in [0.05, 0.1) is 6.20 Å². The van der Waals surface area contributed by atoms with E-state index in [0.29, 0.717) is 17.0 Å². The van der Waals surface area contributed by atoms with Gasteiger partial charge in [0.2, 0.25) is 0 Å². The Labute approximate surface area is 95.5 Å². The molecule has 0 unspecified atom stereocenters. The van der Waals surface area contributed by atoms with Gasteiger partial charge in [-0.3, -0.25) is 4.98 Å². The maximum atomic E-state index is 5.55. The molecule has 4 nitrogen and oxygen atoms in total. The third kappa shape index (κ3) is 2.73. The summed E-state index contributed by atoms with van der Waals surface area (Å²) >= 11 is 3.26. The highest BCUT2D eigenvalue weighted by molar-refractivity contribution is 9.10. The second-order valence-corrected chi connectivity index (χ2v) is 3.58. The van der Waals surface area contributed by atoms with Gasteiger partial charge in [0.1, 0.15) is 6.61 Å². The molecule has 0 saturated carbocycles. The van der Waals surface area contributed by atoms with Crippen LogP contribution in [0.15, 0.2) is 41.4 Å². The average Bonchev–Trinajstić information content (AvgIpc) is 2.29. The van der Waals surface area contributed by atoms with Gasteiger partial charge in [-0.2, -0.15) is 5.10 Å². The fourth-order valence-corrected chi connectivity index (χ4v) is 1.39. The smallest absolute Gasteiger partial charge is 0.170 e. The van der Waals surface area contributed by atoms with Crippen LogP contribution in [-0.2, 0) is 6.61 Å². The molecule has 0 amide bonds. The first-order valence-corrected chi connectivity index (χ1v) is 5.14. The van der Waals surface area contributed by atoms with E-state index in [2.05, 4.69) is 31.1 Å². The van der Waals surface area contributed by atoms with Crippen molar-refractivity contribution in [2.75, 3.05) is 0 Å². The molecule has 0 aromatic carbocycles. The van der Waals surface area contributed by atoms with Crippen LogP contribution in [0.4, 0.5) is 0 Å². The predicted molar refractivity (Wildman–Crippen MR) is 58.3 cm³/mol. The molecule has 0 saturated heterocycles.